The van der Waals surface area contributed by atoms with Gasteiger partial charge < -0.3 is 90.2 Å². The second-order valence-electron chi connectivity index (χ2n) is 17.7. The van der Waals surface area contributed by atoms with Crippen LogP contribution in [0.1, 0.15) is 0 Å². The van der Waals surface area contributed by atoms with Crippen LogP contribution < -0.4 is 50.8 Å². The Kier molecular flexibility index (Phi) is 27.2. The number of carboxylic acids is 4. The first kappa shape index (κ1) is 65.1. The van der Waals surface area contributed by atoms with Crippen molar-refractivity contribution in [1.29, 1.82) is 0 Å². The first-order chi connectivity index (χ1) is 40.6. The fourth-order valence-electron chi connectivity index (χ4n) is 7.72. The molecular formula is C58H70N10O16. The van der Waals surface area contributed by atoms with Crippen molar-refractivity contribution < 1.29 is 77.5 Å². The van der Waals surface area contributed by atoms with Crippen molar-refractivity contribution in [3.05, 3.63) is 144 Å². The maximum Gasteiger partial charge on any atom is 0.325 e. The van der Waals surface area contributed by atoms with Crippen molar-refractivity contribution in [2.24, 2.45) is 20.0 Å². The van der Waals surface area contributed by atoms with Crippen LogP contribution in [0.3, 0.4) is 0 Å². The number of anilines is 4. The molecule has 84 heavy (non-hydrogen) atoms. The number of aliphatic imine (C=N–C) groups is 4. The quantitative estimate of drug-likeness (QED) is 0.0478. The molecule has 4 aliphatic rings. The van der Waals surface area contributed by atoms with Crippen LogP contribution in [0, 0.1) is 0 Å². The summed E-state index contributed by atoms with van der Waals surface area (Å²) in [5, 5.41) is 53.9. The van der Waals surface area contributed by atoms with E-state index in [1.54, 1.807) is 35.5 Å². The van der Waals surface area contributed by atoms with E-state index in [0.717, 1.165) is 68.6 Å². The van der Waals surface area contributed by atoms with Crippen LogP contribution in [-0.2, 0) is 38.1 Å². The van der Waals surface area contributed by atoms with Crippen LogP contribution in [0.2, 0.25) is 0 Å². The minimum absolute atomic E-state index is 0.205. The van der Waals surface area contributed by atoms with Gasteiger partial charge in [0.05, 0.1) is 97.6 Å². The van der Waals surface area contributed by atoms with Crippen molar-refractivity contribution >= 4 is 69.5 Å². The smallest absolute Gasteiger partial charge is 0.325 e. The predicted octanol–water partition coefficient (Wildman–Crippen LogP) is 5.28. The van der Waals surface area contributed by atoms with Crippen molar-refractivity contribution in [3.63, 3.8) is 0 Å². The molecule has 0 bridgehead atoms. The Bertz CT molecular complexity index is 2880. The maximum atomic E-state index is 10.7. The van der Waals surface area contributed by atoms with Gasteiger partial charge in [-0.2, -0.15) is 0 Å². The Labute approximate surface area is 485 Å². The van der Waals surface area contributed by atoms with Crippen molar-refractivity contribution in [1.82, 2.24) is 10.6 Å². The number of aliphatic carboxylic acids is 4. The third-order valence-electron chi connectivity index (χ3n) is 11.6. The van der Waals surface area contributed by atoms with E-state index >= 15 is 0 Å². The Morgan fingerprint density at radius 1 is 0.405 bits per heavy atom. The number of carboxylic acid groups (broad SMARTS) is 4. The summed E-state index contributed by atoms with van der Waals surface area (Å²) in [5.41, 5.74) is 9.28. The van der Waals surface area contributed by atoms with Crippen molar-refractivity contribution in [3.8, 4) is 23.0 Å². The molecule has 0 unspecified atom stereocenters. The van der Waals surface area contributed by atoms with Gasteiger partial charge in [-0.15, -0.1) is 0 Å². The number of hydrogen-bond donors (Lipinski definition) is 10. The molecular weight excluding hydrogens is 1090 g/mol. The third kappa shape index (κ3) is 23.0. The Morgan fingerprint density at radius 2 is 0.786 bits per heavy atom. The zero-order valence-corrected chi connectivity index (χ0v) is 47.4. The Hall–Kier alpha value is -9.76. The van der Waals surface area contributed by atoms with Gasteiger partial charge in [-0.05, 0) is 109 Å². The summed E-state index contributed by atoms with van der Waals surface area (Å²) in [6.07, 6.45) is 3.69. The lowest BCUT2D eigenvalue weighted by molar-refractivity contribution is -0.136. The van der Waals surface area contributed by atoms with Crippen LogP contribution in [-0.4, -0.2) is 189 Å². The number of nitrogens with one attached hydrogen (secondary N) is 6. The molecule has 0 aliphatic carbocycles. The van der Waals surface area contributed by atoms with Crippen LogP contribution in [0.25, 0.3) is 0 Å². The van der Waals surface area contributed by atoms with Crippen LogP contribution in [0.5, 0.6) is 23.0 Å². The highest BCUT2D eigenvalue weighted by Crippen LogP contribution is 2.23. The van der Waals surface area contributed by atoms with Crippen LogP contribution in [0.4, 0.5) is 22.7 Å². The van der Waals surface area contributed by atoms with E-state index < -0.39 is 23.9 Å². The van der Waals surface area contributed by atoms with E-state index in [9.17, 15) is 19.2 Å². The van der Waals surface area contributed by atoms with Gasteiger partial charge in [0.2, 0.25) is 0 Å². The molecule has 10 N–H and O–H groups in total. The molecule has 0 aromatic heterocycles. The van der Waals surface area contributed by atoms with Gasteiger partial charge in [-0.3, -0.25) is 39.1 Å². The summed E-state index contributed by atoms with van der Waals surface area (Å²) in [5.74, 6) is 0.355. The topological polar surface area (TPSA) is 345 Å². The predicted molar refractivity (Wildman–Crippen MR) is 318 cm³/mol. The van der Waals surface area contributed by atoms with Crippen LogP contribution >= 0.6 is 0 Å². The molecule has 4 aliphatic heterocycles. The second-order valence-corrected chi connectivity index (χ2v) is 17.7. The lowest BCUT2D eigenvalue weighted by atomic mass is 10.1. The van der Waals surface area contributed by atoms with E-state index in [-0.39, 0.29) is 32.8 Å². The highest BCUT2D eigenvalue weighted by atomic mass is 16.5. The molecule has 448 valence electrons. The first-order valence-electron chi connectivity index (χ1n) is 25.8. The van der Waals surface area contributed by atoms with E-state index in [1.165, 1.54) is 7.11 Å². The van der Waals surface area contributed by atoms with Gasteiger partial charge in [0, 0.05) is 60.3 Å². The Balaban J connectivity index is 0.000000205. The molecule has 26 nitrogen and oxygen atoms in total. The molecule has 0 fully saturated rings. The van der Waals surface area contributed by atoms with Crippen molar-refractivity contribution in [2.45, 2.75) is 0 Å². The third-order valence-corrected chi connectivity index (χ3v) is 11.6. The maximum absolute atomic E-state index is 10.7. The summed E-state index contributed by atoms with van der Waals surface area (Å²) in [4.78, 5) is 58.3. The van der Waals surface area contributed by atoms with Gasteiger partial charge in [0.15, 0.2) is 11.5 Å². The zero-order chi connectivity index (χ0) is 60.6. The van der Waals surface area contributed by atoms with E-state index in [4.69, 9.17) is 58.3 Å². The van der Waals surface area contributed by atoms with Gasteiger partial charge in [0.25, 0.3) is 0 Å². The summed E-state index contributed by atoms with van der Waals surface area (Å²) < 4.78 is 42.0. The highest BCUT2D eigenvalue weighted by molar-refractivity contribution is 6.03. The SMILES string of the molecule is COC1=C(Nc2ccc(OC)cc2)CNCC1=NCC(=O)O.COC1=C(Nc2ccc(OC)cc2)COCC1=NCC(=O)O.COc1ccc(NC2=CC(=NCC(=O)O)CNC2)cc1.COc1ccc(NC2=CC(=NCC(=O)O)COC2)cc1. The molecule has 0 saturated carbocycles. The number of benzene rings is 4. The summed E-state index contributed by atoms with van der Waals surface area (Å²) in [6.45, 7) is 2.63. The number of hydrogen-bond acceptors (Lipinski definition) is 22. The number of nitrogens with zero attached hydrogens (tertiary/aromatic N) is 4. The molecule has 0 spiro atoms. The normalized spacial score (nSPS) is 16.6. The molecule has 26 heteroatoms. The lowest BCUT2D eigenvalue weighted by Gasteiger charge is -2.23. The minimum Gasteiger partial charge on any atom is -0.497 e. The fourth-order valence-corrected chi connectivity index (χ4v) is 7.72. The number of methoxy groups -OCH3 is 6. The molecule has 8 rings (SSSR count). The molecule has 0 amide bonds. The standard InChI is InChI=1S/C15H19N3O4.C15H18N2O5.C14H17N3O3.C14H16N2O4/c1-21-11-5-3-10(4-6-11)18-13-8-16-7-12(15(13)22-2)17-9-14(19)20;1-20-11-5-3-10(4-6-11)17-13-9-22-8-12(15(13)21-2)16-7-14(18)19;1-20-13-4-2-10(3-5-13)17-12-6-11(7-15-8-12)16-9-14(18)19;1-19-13-4-2-10(3-5-13)16-12-6-11(8-20-9-12)15-7-14(17)18/h3-6,16,18H,7-9H2,1-2H3,(H,19,20);3-6,17H,7-9H2,1-2H3,(H,18,19);2-6,15,17H,7-9H2,1H3,(H,18,19);2-6,16H,7-9H2,1H3,(H,17,18). The summed E-state index contributed by atoms with van der Waals surface area (Å²) in [6, 6.07) is 29.9. The largest absolute Gasteiger partial charge is 0.497 e. The van der Waals surface area contributed by atoms with E-state index in [1.807, 2.05) is 109 Å². The van der Waals surface area contributed by atoms with Gasteiger partial charge in [-0.25, -0.2) is 0 Å². The average molecular weight is 1160 g/mol. The Morgan fingerprint density at radius 3 is 1.25 bits per heavy atom. The molecule has 4 heterocycles. The highest BCUT2D eigenvalue weighted by Gasteiger charge is 2.22. The van der Waals surface area contributed by atoms with Crippen LogP contribution in [0.15, 0.2) is 163 Å². The number of rotatable bonds is 22. The second kappa shape index (κ2) is 35.2. The molecule has 4 aromatic rings. The number of ether oxygens (including phenoxy) is 8. The zero-order valence-electron chi connectivity index (χ0n) is 47.4. The molecule has 0 saturated heterocycles. The average Bonchev–Trinajstić information content (AvgIpc) is 3.71. The molecule has 0 radical (unpaired) electrons. The molecule has 0 atom stereocenters. The monoisotopic (exact) mass is 1160 g/mol. The number of carbonyl (C=O) groups is 4. The fraction of sp³-hybridized carbons (Fsp3) is 0.310. The van der Waals surface area contributed by atoms with Gasteiger partial charge >= 0.3 is 23.9 Å². The summed E-state index contributed by atoms with van der Waals surface area (Å²) >= 11 is 0. The first-order valence-corrected chi connectivity index (χ1v) is 25.8. The van der Waals surface area contributed by atoms with E-state index in [2.05, 4.69) is 51.9 Å². The molecule has 4 aromatic carbocycles. The minimum atomic E-state index is -1.00. The van der Waals surface area contributed by atoms with Crippen molar-refractivity contribution in [2.75, 3.05) is 143 Å². The van der Waals surface area contributed by atoms with Gasteiger partial charge in [0.1, 0.15) is 54.9 Å². The summed E-state index contributed by atoms with van der Waals surface area (Å²) in [7, 11) is 9.53. The lowest BCUT2D eigenvalue weighted by Crippen LogP contribution is -2.36. The van der Waals surface area contributed by atoms with Gasteiger partial charge in [-0.1, -0.05) is 0 Å². The van der Waals surface area contributed by atoms with E-state index in [0.29, 0.717) is 80.4 Å².